The van der Waals surface area contributed by atoms with Gasteiger partial charge >= 0.3 is 0 Å². The Hall–Kier alpha value is -1.02. The van der Waals surface area contributed by atoms with Crippen LogP contribution in [-0.4, -0.2) is 37.3 Å². The fraction of sp³-hybridized carbons (Fsp3) is 0.778. The Kier molecular flexibility index (Phi) is 15.0. The molecule has 0 amide bonds. The maximum atomic E-state index is 6.21. The molecule has 0 aliphatic carbocycles. The maximum absolute atomic E-state index is 6.21. The van der Waals surface area contributed by atoms with Crippen molar-refractivity contribution in [3.8, 4) is 5.75 Å². The number of nitrogens with zero attached hydrogens (tertiary/aromatic N) is 1. The summed E-state index contributed by atoms with van der Waals surface area (Å²) in [4.78, 5) is 0. The highest BCUT2D eigenvalue weighted by atomic mass is 16.5. The SMILES string of the molecule is CCCCCC[N+](CCCCCC)(CCCCCC)CCOc1cccc(C)c1. The molecule has 0 fully saturated rings. The van der Waals surface area contributed by atoms with Crippen LogP contribution in [0.1, 0.15) is 103 Å². The summed E-state index contributed by atoms with van der Waals surface area (Å²) in [6.07, 6.45) is 16.4. The fourth-order valence-electron chi connectivity index (χ4n) is 4.36. The van der Waals surface area contributed by atoms with E-state index in [9.17, 15) is 0 Å². The van der Waals surface area contributed by atoms with Gasteiger partial charge in [-0.3, -0.25) is 0 Å². The Balaban J connectivity index is 2.70. The third-order valence-electron chi connectivity index (χ3n) is 6.28. The van der Waals surface area contributed by atoms with E-state index in [1.807, 2.05) is 0 Å². The minimum atomic E-state index is 0.846. The number of rotatable bonds is 19. The lowest BCUT2D eigenvalue weighted by molar-refractivity contribution is -0.928. The van der Waals surface area contributed by atoms with Crippen molar-refractivity contribution in [3.05, 3.63) is 29.8 Å². The maximum Gasteiger partial charge on any atom is 0.137 e. The Morgan fingerprint density at radius 1 is 0.655 bits per heavy atom. The molecule has 29 heavy (non-hydrogen) atoms. The summed E-state index contributed by atoms with van der Waals surface area (Å²) in [5.74, 6) is 1.03. The molecule has 0 aromatic heterocycles. The molecule has 2 nitrogen and oxygen atoms in total. The largest absolute Gasteiger partial charge is 0.488 e. The molecule has 2 heteroatoms. The molecule has 0 heterocycles. The molecule has 0 saturated carbocycles. The van der Waals surface area contributed by atoms with Gasteiger partial charge < -0.3 is 9.22 Å². The molecule has 0 spiro atoms. The smallest absolute Gasteiger partial charge is 0.137 e. The van der Waals surface area contributed by atoms with Crippen LogP contribution in [-0.2, 0) is 0 Å². The fourth-order valence-corrected chi connectivity index (χ4v) is 4.36. The number of benzene rings is 1. The van der Waals surface area contributed by atoms with Gasteiger partial charge in [-0.25, -0.2) is 0 Å². The van der Waals surface area contributed by atoms with E-state index in [1.165, 1.54) is 107 Å². The zero-order valence-corrected chi connectivity index (χ0v) is 20.2. The van der Waals surface area contributed by atoms with Crippen LogP contribution in [0.5, 0.6) is 5.75 Å². The van der Waals surface area contributed by atoms with Gasteiger partial charge in [-0.2, -0.15) is 0 Å². The number of hydrogen-bond acceptors (Lipinski definition) is 1. The molecule has 1 rings (SSSR count). The first kappa shape index (κ1) is 26.0. The highest BCUT2D eigenvalue weighted by molar-refractivity contribution is 5.27. The number of quaternary nitrogens is 1. The molecule has 0 saturated heterocycles. The van der Waals surface area contributed by atoms with E-state index in [0.29, 0.717) is 0 Å². The van der Waals surface area contributed by atoms with Crippen LogP contribution in [0.2, 0.25) is 0 Å². The lowest BCUT2D eigenvalue weighted by atomic mass is 10.1. The van der Waals surface area contributed by atoms with Crippen molar-refractivity contribution < 1.29 is 9.22 Å². The van der Waals surface area contributed by atoms with Gasteiger partial charge in [0.15, 0.2) is 0 Å². The third kappa shape index (κ3) is 12.3. The summed E-state index contributed by atoms with van der Waals surface area (Å²) in [5.41, 5.74) is 1.28. The first-order valence-corrected chi connectivity index (χ1v) is 12.7. The van der Waals surface area contributed by atoms with Crippen LogP contribution >= 0.6 is 0 Å². The molecule has 168 valence electrons. The minimum absolute atomic E-state index is 0.846. The van der Waals surface area contributed by atoms with Crippen molar-refractivity contribution in [1.82, 2.24) is 0 Å². The van der Waals surface area contributed by atoms with E-state index in [0.717, 1.165) is 18.9 Å². The van der Waals surface area contributed by atoms with E-state index >= 15 is 0 Å². The molecule has 1 aromatic rings. The summed E-state index contributed by atoms with van der Waals surface area (Å²) in [5, 5.41) is 0. The van der Waals surface area contributed by atoms with Gasteiger partial charge in [-0.05, 0) is 63.1 Å². The van der Waals surface area contributed by atoms with Crippen LogP contribution < -0.4 is 4.74 Å². The van der Waals surface area contributed by atoms with Crippen LogP contribution in [0.3, 0.4) is 0 Å². The summed E-state index contributed by atoms with van der Waals surface area (Å²) in [6.45, 7) is 15.1. The predicted molar refractivity (Wildman–Crippen MR) is 129 cm³/mol. The van der Waals surface area contributed by atoms with Crippen LogP contribution in [0.15, 0.2) is 24.3 Å². The average molecular weight is 405 g/mol. The second-order valence-corrected chi connectivity index (χ2v) is 9.08. The molecule has 0 bridgehead atoms. The standard InChI is InChI=1S/C27H50NO/c1-5-8-11-14-20-28(21-15-12-9-6-2,22-16-13-10-7-3)23-24-29-27-19-17-18-26(4)25-27/h17-19,25H,5-16,20-24H2,1-4H3/q+1. The Labute approximate surface area is 182 Å². The molecule has 0 radical (unpaired) electrons. The predicted octanol–water partition coefficient (Wildman–Crippen LogP) is 7.93. The van der Waals surface area contributed by atoms with Crippen molar-refractivity contribution in [2.75, 3.05) is 32.8 Å². The molecule has 1 aromatic carbocycles. The summed E-state index contributed by atoms with van der Waals surface area (Å²) >= 11 is 0. The molecule has 0 aliphatic heterocycles. The van der Waals surface area contributed by atoms with Gasteiger partial charge in [0.05, 0.1) is 19.6 Å². The zero-order valence-electron chi connectivity index (χ0n) is 20.2. The summed E-state index contributed by atoms with van der Waals surface area (Å²) in [6, 6.07) is 8.51. The monoisotopic (exact) mass is 404 g/mol. The van der Waals surface area contributed by atoms with E-state index in [-0.39, 0.29) is 0 Å². The lowest BCUT2D eigenvalue weighted by Gasteiger charge is -2.39. The van der Waals surface area contributed by atoms with Crippen molar-refractivity contribution in [2.45, 2.75) is 105 Å². The Morgan fingerprint density at radius 3 is 1.62 bits per heavy atom. The van der Waals surface area contributed by atoms with Gasteiger partial charge in [0.1, 0.15) is 18.9 Å². The van der Waals surface area contributed by atoms with Gasteiger partial charge in [0.25, 0.3) is 0 Å². The van der Waals surface area contributed by atoms with Crippen molar-refractivity contribution >= 4 is 0 Å². The molecular weight excluding hydrogens is 354 g/mol. The van der Waals surface area contributed by atoms with E-state index in [1.54, 1.807) is 0 Å². The van der Waals surface area contributed by atoms with E-state index in [2.05, 4.69) is 52.0 Å². The first-order valence-electron chi connectivity index (χ1n) is 12.7. The molecule has 0 atom stereocenters. The van der Waals surface area contributed by atoms with Crippen molar-refractivity contribution in [3.63, 3.8) is 0 Å². The second-order valence-electron chi connectivity index (χ2n) is 9.08. The summed E-state index contributed by atoms with van der Waals surface area (Å²) < 4.78 is 7.49. The van der Waals surface area contributed by atoms with E-state index < -0.39 is 0 Å². The third-order valence-corrected chi connectivity index (χ3v) is 6.28. The van der Waals surface area contributed by atoms with Gasteiger partial charge in [-0.1, -0.05) is 71.4 Å². The number of ether oxygens (including phenoxy) is 1. The van der Waals surface area contributed by atoms with Crippen LogP contribution in [0.4, 0.5) is 0 Å². The quantitative estimate of drug-likeness (QED) is 0.168. The zero-order chi connectivity index (χ0) is 21.2. The average Bonchev–Trinajstić information content (AvgIpc) is 2.72. The summed E-state index contributed by atoms with van der Waals surface area (Å²) in [7, 11) is 0. The number of hydrogen-bond donors (Lipinski definition) is 0. The van der Waals surface area contributed by atoms with Gasteiger partial charge in [0, 0.05) is 0 Å². The molecule has 0 unspecified atom stereocenters. The topological polar surface area (TPSA) is 9.23 Å². The Bertz CT molecular complexity index is 468. The first-order chi connectivity index (χ1) is 14.2. The molecular formula is C27H50NO+. The second kappa shape index (κ2) is 16.7. The highest BCUT2D eigenvalue weighted by Gasteiger charge is 2.26. The molecule has 0 aliphatic rings. The van der Waals surface area contributed by atoms with Crippen molar-refractivity contribution in [1.29, 1.82) is 0 Å². The minimum Gasteiger partial charge on any atom is -0.488 e. The van der Waals surface area contributed by atoms with E-state index in [4.69, 9.17) is 4.74 Å². The van der Waals surface area contributed by atoms with Crippen molar-refractivity contribution in [2.24, 2.45) is 0 Å². The number of aryl methyl sites for hydroxylation is 1. The van der Waals surface area contributed by atoms with Gasteiger partial charge in [-0.15, -0.1) is 0 Å². The number of unbranched alkanes of at least 4 members (excludes halogenated alkanes) is 9. The van der Waals surface area contributed by atoms with Crippen LogP contribution in [0, 0.1) is 6.92 Å². The Morgan fingerprint density at radius 2 is 1.17 bits per heavy atom. The van der Waals surface area contributed by atoms with Gasteiger partial charge in [0.2, 0.25) is 0 Å². The lowest BCUT2D eigenvalue weighted by Crippen LogP contribution is -2.52. The van der Waals surface area contributed by atoms with Crippen LogP contribution in [0.25, 0.3) is 0 Å². The molecule has 0 N–H and O–H groups in total. The highest BCUT2D eigenvalue weighted by Crippen LogP contribution is 2.19. The normalized spacial score (nSPS) is 11.7.